The minimum atomic E-state index is -0.368. The fourth-order valence-electron chi connectivity index (χ4n) is 4.21. The predicted octanol–water partition coefficient (Wildman–Crippen LogP) is 2.79. The average Bonchev–Trinajstić information content (AvgIpc) is 2.74. The molecule has 2 amide bonds. The first-order chi connectivity index (χ1) is 14.5. The normalized spacial score (nSPS) is 22.7. The number of benzene rings is 1. The number of carbonyl (C=O) groups is 2. The standard InChI is InChI=1S/C23H32FN3O3/c1-3-26(4-2)13-12-25-22(28)16-27-19-10-5-6-11-20(19)30-21(23(27)29)15-17-8-7-9-18(24)14-17/h7-9,14-15,19-20H,3-6,10-13,16H2,1-2H3,(H,25,28)/b21-15+. The lowest BCUT2D eigenvalue weighted by Gasteiger charge is -2.44. The molecule has 0 radical (unpaired) electrons. The summed E-state index contributed by atoms with van der Waals surface area (Å²) in [6.45, 7) is 7.41. The molecule has 0 aromatic heterocycles. The Hall–Kier alpha value is -2.41. The number of morpholine rings is 1. The number of ether oxygens (including phenoxy) is 1. The average molecular weight is 418 g/mol. The van der Waals surface area contributed by atoms with Crippen molar-refractivity contribution in [2.45, 2.75) is 51.7 Å². The van der Waals surface area contributed by atoms with Crippen LogP contribution in [0.15, 0.2) is 30.0 Å². The van der Waals surface area contributed by atoms with Crippen LogP contribution < -0.4 is 5.32 Å². The van der Waals surface area contributed by atoms with Crippen LogP contribution in [-0.2, 0) is 14.3 Å². The Morgan fingerprint density at radius 1 is 1.30 bits per heavy atom. The van der Waals surface area contributed by atoms with Crippen LogP contribution in [0.25, 0.3) is 6.08 Å². The molecule has 1 aliphatic heterocycles. The van der Waals surface area contributed by atoms with Crippen LogP contribution in [0.3, 0.4) is 0 Å². The molecule has 1 saturated heterocycles. The van der Waals surface area contributed by atoms with E-state index in [-0.39, 0.29) is 42.1 Å². The quantitative estimate of drug-likeness (QED) is 0.661. The molecule has 0 spiro atoms. The first-order valence-corrected chi connectivity index (χ1v) is 11.0. The van der Waals surface area contributed by atoms with Gasteiger partial charge < -0.3 is 19.9 Å². The van der Waals surface area contributed by atoms with Crippen molar-refractivity contribution in [1.82, 2.24) is 15.1 Å². The summed E-state index contributed by atoms with van der Waals surface area (Å²) in [5.41, 5.74) is 0.566. The zero-order valence-corrected chi connectivity index (χ0v) is 17.9. The Balaban J connectivity index is 1.70. The molecule has 2 fully saturated rings. The van der Waals surface area contributed by atoms with Gasteiger partial charge in [-0.1, -0.05) is 32.4 Å². The molecule has 1 N–H and O–H groups in total. The summed E-state index contributed by atoms with van der Waals surface area (Å²) < 4.78 is 19.5. The van der Waals surface area contributed by atoms with Gasteiger partial charge in [0.15, 0.2) is 5.76 Å². The third-order valence-electron chi connectivity index (χ3n) is 5.92. The summed E-state index contributed by atoms with van der Waals surface area (Å²) in [5.74, 6) is -0.652. The van der Waals surface area contributed by atoms with E-state index >= 15 is 0 Å². The number of hydrogen-bond acceptors (Lipinski definition) is 4. The molecule has 0 bridgehead atoms. The lowest BCUT2D eigenvalue weighted by molar-refractivity contribution is -0.151. The van der Waals surface area contributed by atoms with Crippen molar-refractivity contribution in [3.05, 3.63) is 41.4 Å². The highest BCUT2D eigenvalue weighted by Gasteiger charge is 2.42. The number of carbonyl (C=O) groups excluding carboxylic acids is 2. The third-order valence-corrected chi connectivity index (χ3v) is 5.92. The summed E-state index contributed by atoms with van der Waals surface area (Å²) in [6, 6.07) is 5.95. The zero-order chi connectivity index (χ0) is 21.5. The Kier molecular flexibility index (Phi) is 7.85. The number of fused-ring (bicyclic) bond motifs is 1. The van der Waals surface area contributed by atoms with Gasteiger partial charge in [-0.3, -0.25) is 9.59 Å². The molecule has 7 heteroatoms. The molecule has 1 saturated carbocycles. The van der Waals surface area contributed by atoms with Crippen molar-refractivity contribution in [2.75, 3.05) is 32.7 Å². The van der Waals surface area contributed by atoms with Crippen LogP contribution >= 0.6 is 0 Å². The zero-order valence-electron chi connectivity index (χ0n) is 17.9. The van der Waals surface area contributed by atoms with E-state index in [1.54, 1.807) is 23.1 Å². The van der Waals surface area contributed by atoms with E-state index in [4.69, 9.17) is 4.74 Å². The van der Waals surface area contributed by atoms with Gasteiger partial charge in [0.05, 0.1) is 6.04 Å². The Labute approximate surface area is 178 Å². The van der Waals surface area contributed by atoms with Crippen molar-refractivity contribution < 1.29 is 18.7 Å². The smallest absolute Gasteiger partial charge is 0.289 e. The highest BCUT2D eigenvalue weighted by atomic mass is 19.1. The van der Waals surface area contributed by atoms with E-state index in [1.165, 1.54) is 12.1 Å². The van der Waals surface area contributed by atoms with Crippen LogP contribution in [0.5, 0.6) is 0 Å². The van der Waals surface area contributed by atoms with E-state index < -0.39 is 0 Å². The second-order valence-corrected chi connectivity index (χ2v) is 7.88. The number of halogens is 1. The highest BCUT2D eigenvalue weighted by molar-refractivity contribution is 5.98. The maximum atomic E-state index is 13.5. The van der Waals surface area contributed by atoms with Gasteiger partial charge in [-0.05, 0) is 56.1 Å². The van der Waals surface area contributed by atoms with Crippen molar-refractivity contribution >= 4 is 17.9 Å². The van der Waals surface area contributed by atoms with Crippen LogP contribution in [0, 0.1) is 5.82 Å². The minimum absolute atomic E-state index is 0.0160. The van der Waals surface area contributed by atoms with E-state index in [0.29, 0.717) is 12.1 Å². The molecule has 2 unspecified atom stereocenters. The van der Waals surface area contributed by atoms with Crippen LogP contribution in [0.4, 0.5) is 4.39 Å². The Morgan fingerprint density at radius 2 is 2.07 bits per heavy atom. The first kappa shape index (κ1) is 22.3. The van der Waals surface area contributed by atoms with Gasteiger partial charge in [0.2, 0.25) is 5.91 Å². The summed E-state index contributed by atoms with van der Waals surface area (Å²) in [5, 5.41) is 2.93. The summed E-state index contributed by atoms with van der Waals surface area (Å²) >= 11 is 0. The molecular weight excluding hydrogens is 385 g/mol. The molecule has 6 nitrogen and oxygen atoms in total. The van der Waals surface area contributed by atoms with Gasteiger partial charge in [-0.15, -0.1) is 0 Å². The first-order valence-electron chi connectivity index (χ1n) is 11.0. The van der Waals surface area contributed by atoms with E-state index in [2.05, 4.69) is 24.1 Å². The Morgan fingerprint density at radius 3 is 2.80 bits per heavy atom. The van der Waals surface area contributed by atoms with Crippen LogP contribution in [0.1, 0.15) is 45.1 Å². The van der Waals surface area contributed by atoms with Gasteiger partial charge >= 0.3 is 0 Å². The number of nitrogens with one attached hydrogen (secondary N) is 1. The fourth-order valence-corrected chi connectivity index (χ4v) is 4.21. The van der Waals surface area contributed by atoms with E-state index in [1.807, 2.05) is 0 Å². The van der Waals surface area contributed by atoms with Gasteiger partial charge in [0.1, 0.15) is 18.5 Å². The highest BCUT2D eigenvalue weighted by Crippen LogP contribution is 2.33. The summed E-state index contributed by atoms with van der Waals surface area (Å²) in [6.07, 6.45) is 5.17. The molecule has 1 heterocycles. The molecule has 2 atom stereocenters. The second kappa shape index (κ2) is 10.6. The molecule has 3 rings (SSSR count). The number of likely N-dealkylation sites (N-methyl/N-ethyl adjacent to an activating group) is 1. The molecule has 1 aromatic carbocycles. The monoisotopic (exact) mass is 417 g/mol. The molecular formula is C23H32FN3O3. The second-order valence-electron chi connectivity index (χ2n) is 7.88. The topological polar surface area (TPSA) is 61.9 Å². The lowest BCUT2D eigenvalue weighted by Crippen LogP contribution is -2.57. The fraction of sp³-hybridized carbons (Fsp3) is 0.565. The number of rotatable bonds is 8. The van der Waals surface area contributed by atoms with Gasteiger partial charge in [0, 0.05) is 13.1 Å². The maximum Gasteiger partial charge on any atom is 0.289 e. The molecule has 1 aromatic rings. The van der Waals surface area contributed by atoms with Gasteiger partial charge in [-0.2, -0.15) is 0 Å². The van der Waals surface area contributed by atoms with Gasteiger partial charge in [0.25, 0.3) is 5.91 Å². The minimum Gasteiger partial charge on any atom is -0.482 e. The maximum absolute atomic E-state index is 13.5. The molecule has 164 valence electrons. The van der Waals surface area contributed by atoms with Crippen molar-refractivity contribution in [1.29, 1.82) is 0 Å². The van der Waals surface area contributed by atoms with Gasteiger partial charge in [-0.25, -0.2) is 4.39 Å². The number of amides is 2. The molecule has 2 aliphatic rings. The lowest BCUT2D eigenvalue weighted by atomic mass is 9.89. The van der Waals surface area contributed by atoms with Crippen molar-refractivity contribution in [2.24, 2.45) is 0 Å². The van der Waals surface area contributed by atoms with E-state index in [9.17, 15) is 14.0 Å². The SMILES string of the molecule is CCN(CC)CCNC(=O)CN1C(=O)/C(=C\c2cccc(F)c2)OC2CCCCC21. The molecule has 1 aliphatic carbocycles. The van der Waals surface area contributed by atoms with Crippen LogP contribution in [0.2, 0.25) is 0 Å². The van der Waals surface area contributed by atoms with Crippen molar-refractivity contribution in [3.8, 4) is 0 Å². The number of nitrogens with zero attached hydrogens (tertiary/aromatic N) is 2. The third kappa shape index (κ3) is 5.59. The van der Waals surface area contributed by atoms with E-state index in [0.717, 1.165) is 45.3 Å². The molecule has 30 heavy (non-hydrogen) atoms. The largest absolute Gasteiger partial charge is 0.482 e. The summed E-state index contributed by atoms with van der Waals surface area (Å²) in [4.78, 5) is 29.6. The predicted molar refractivity (Wildman–Crippen MR) is 114 cm³/mol. The van der Waals surface area contributed by atoms with Crippen LogP contribution in [-0.4, -0.2) is 66.5 Å². The summed E-state index contributed by atoms with van der Waals surface area (Å²) in [7, 11) is 0. The Bertz CT molecular complexity index is 779. The van der Waals surface area contributed by atoms with Crippen molar-refractivity contribution in [3.63, 3.8) is 0 Å². The number of hydrogen-bond donors (Lipinski definition) is 1.